The van der Waals surface area contributed by atoms with Crippen LogP contribution in [0.1, 0.15) is 40.8 Å². The summed E-state index contributed by atoms with van der Waals surface area (Å²) >= 11 is 1.54. The number of hydrogen-bond donors (Lipinski definition) is 0. The first-order valence-electron chi connectivity index (χ1n) is 8.60. The van der Waals surface area contributed by atoms with Gasteiger partial charge in [0.2, 0.25) is 0 Å². The van der Waals surface area contributed by atoms with E-state index in [2.05, 4.69) is 15.0 Å². The maximum atomic E-state index is 13.9. The minimum absolute atomic E-state index is 0.0415. The Bertz CT molecular complexity index is 943. The fourth-order valence-electron chi connectivity index (χ4n) is 3.40. The average molecular weight is 389 g/mol. The molecule has 4 rings (SSSR count). The Morgan fingerprint density at radius 2 is 2.19 bits per heavy atom. The number of amides is 1. The van der Waals surface area contributed by atoms with Gasteiger partial charge in [-0.05, 0) is 12.8 Å². The molecule has 1 atom stereocenters. The topological polar surface area (TPSA) is 63.9 Å². The Morgan fingerprint density at radius 3 is 2.96 bits per heavy atom. The molecule has 0 aliphatic carbocycles. The fraction of sp³-hybridized carbons (Fsp3) is 0.333. The van der Waals surface area contributed by atoms with Gasteiger partial charge in [-0.25, -0.2) is 23.7 Å². The zero-order chi connectivity index (χ0) is 18.8. The van der Waals surface area contributed by atoms with Crippen molar-refractivity contribution in [3.05, 3.63) is 64.4 Å². The molecule has 0 N–H and O–H groups in total. The number of hydrogen-bond acceptors (Lipinski definition) is 5. The monoisotopic (exact) mass is 389 g/mol. The van der Waals surface area contributed by atoms with Gasteiger partial charge in [0.25, 0.3) is 5.91 Å². The van der Waals surface area contributed by atoms with Crippen molar-refractivity contribution in [3.8, 4) is 0 Å². The molecule has 1 saturated heterocycles. The minimum atomic E-state index is -0.938. The first-order valence-corrected chi connectivity index (χ1v) is 9.54. The van der Waals surface area contributed by atoms with E-state index >= 15 is 0 Å². The van der Waals surface area contributed by atoms with Crippen LogP contribution in [0, 0.1) is 11.6 Å². The zero-order valence-electron chi connectivity index (χ0n) is 14.4. The summed E-state index contributed by atoms with van der Waals surface area (Å²) in [7, 11) is 0. The van der Waals surface area contributed by atoms with Gasteiger partial charge >= 0.3 is 0 Å². The van der Waals surface area contributed by atoms with E-state index in [1.165, 1.54) is 0 Å². The highest BCUT2D eigenvalue weighted by molar-refractivity contribution is 7.07. The van der Waals surface area contributed by atoms with Crippen LogP contribution in [0.15, 0.2) is 35.5 Å². The van der Waals surface area contributed by atoms with Crippen molar-refractivity contribution in [2.75, 3.05) is 13.1 Å². The maximum absolute atomic E-state index is 13.9. The largest absolute Gasteiger partial charge is 0.336 e. The number of pyridine rings is 1. The van der Waals surface area contributed by atoms with Gasteiger partial charge in [-0.3, -0.25) is 4.79 Å². The second-order valence-electron chi connectivity index (χ2n) is 6.47. The number of carbonyl (C=O) groups excluding carboxylic acids is 1. The van der Waals surface area contributed by atoms with E-state index in [-0.39, 0.29) is 11.6 Å². The molecule has 0 spiro atoms. The van der Waals surface area contributed by atoms with E-state index in [0.29, 0.717) is 25.7 Å². The predicted octanol–water partition coefficient (Wildman–Crippen LogP) is 3.08. The van der Waals surface area contributed by atoms with E-state index in [0.717, 1.165) is 30.6 Å². The lowest BCUT2D eigenvalue weighted by Gasteiger charge is -2.32. The molecule has 0 radical (unpaired) electrons. The number of aromatic nitrogens is 4. The van der Waals surface area contributed by atoms with Crippen molar-refractivity contribution in [3.63, 3.8) is 0 Å². The molecule has 27 heavy (non-hydrogen) atoms. The van der Waals surface area contributed by atoms with Gasteiger partial charge in [-0.2, -0.15) is 0 Å². The normalized spacial score (nSPS) is 17.3. The van der Waals surface area contributed by atoms with Crippen LogP contribution in [0.25, 0.3) is 0 Å². The molecule has 3 aromatic heterocycles. The summed E-state index contributed by atoms with van der Waals surface area (Å²) < 4.78 is 29.0. The molecule has 3 aromatic rings. The van der Waals surface area contributed by atoms with Crippen LogP contribution in [0.2, 0.25) is 0 Å². The van der Waals surface area contributed by atoms with Crippen LogP contribution in [-0.4, -0.2) is 43.4 Å². The quantitative estimate of drug-likeness (QED) is 0.688. The smallest absolute Gasteiger partial charge is 0.275 e. The molecule has 1 aliphatic rings. The Balaban J connectivity index is 1.52. The number of piperidine rings is 1. The Hall–Kier alpha value is -2.68. The highest BCUT2D eigenvalue weighted by Crippen LogP contribution is 2.27. The van der Waals surface area contributed by atoms with Gasteiger partial charge in [-0.15, -0.1) is 11.3 Å². The van der Waals surface area contributed by atoms with Gasteiger partial charge in [0.15, 0.2) is 11.5 Å². The van der Waals surface area contributed by atoms with Gasteiger partial charge in [0.1, 0.15) is 11.6 Å². The van der Waals surface area contributed by atoms with Crippen LogP contribution in [-0.2, 0) is 6.54 Å². The Kier molecular flexibility index (Phi) is 4.93. The van der Waals surface area contributed by atoms with Crippen molar-refractivity contribution >= 4 is 17.2 Å². The molecular weight excluding hydrogens is 372 g/mol. The van der Waals surface area contributed by atoms with Crippen molar-refractivity contribution in [2.24, 2.45) is 0 Å². The van der Waals surface area contributed by atoms with E-state index in [1.807, 2.05) is 16.1 Å². The lowest BCUT2D eigenvalue weighted by molar-refractivity contribution is 0.0692. The maximum Gasteiger partial charge on any atom is 0.275 e. The van der Waals surface area contributed by atoms with E-state index in [1.54, 1.807) is 27.9 Å². The number of rotatable bonds is 4. The number of nitrogens with zero attached hydrogens (tertiary/aromatic N) is 5. The second kappa shape index (κ2) is 7.51. The molecule has 140 valence electrons. The highest BCUT2D eigenvalue weighted by atomic mass is 32.1. The molecule has 9 heteroatoms. The predicted molar refractivity (Wildman–Crippen MR) is 95.5 cm³/mol. The standard InChI is InChI=1S/C18H17F2N5OS/c19-13-6-15(20)16(22-7-13)18(26)25-4-1-2-12(8-25)17-21-3-5-24(17)9-14-10-27-11-23-14/h3,5-7,10-12H,1-2,4,8-9H2. The Labute approximate surface area is 158 Å². The third-order valence-electron chi connectivity index (χ3n) is 4.65. The van der Waals surface area contributed by atoms with Gasteiger partial charge < -0.3 is 9.47 Å². The molecule has 1 fully saturated rings. The van der Waals surface area contributed by atoms with Crippen LogP contribution in [0.3, 0.4) is 0 Å². The first kappa shape index (κ1) is 17.7. The summed E-state index contributed by atoms with van der Waals surface area (Å²) in [5.74, 6) is -1.33. The van der Waals surface area contributed by atoms with Crippen LogP contribution < -0.4 is 0 Å². The minimum Gasteiger partial charge on any atom is -0.336 e. The summed E-state index contributed by atoms with van der Waals surface area (Å²) in [4.78, 5) is 26.6. The second-order valence-corrected chi connectivity index (χ2v) is 7.19. The van der Waals surface area contributed by atoms with E-state index in [9.17, 15) is 13.6 Å². The Morgan fingerprint density at radius 1 is 1.30 bits per heavy atom. The molecule has 1 unspecified atom stereocenters. The van der Waals surface area contributed by atoms with Crippen molar-refractivity contribution in [2.45, 2.75) is 25.3 Å². The van der Waals surface area contributed by atoms with Gasteiger partial charge in [0, 0.05) is 42.8 Å². The molecule has 1 amide bonds. The molecular formula is C18H17F2N5OS. The van der Waals surface area contributed by atoms with E-state index in [4.69, 9.17) is 0 Å². The summed E-state index contributed by atoms with van der Waals surface area (Å²) in [6.07, 6.45) is 6.17. The van der Waals surface area contributed by atoms with Crippen molar-refractivity contribution in [1.82, 2.24) is 24.4 Å². The van der Waals surface area contributed by atoms with E-state index < -0.39 is 17.5 Å². The first-order chi connectivity index (χ1) is 13.1. The molecule has 0 aromatic carbocycles. The highest BCUT2D eigenvalue weighted by Gasteiger charge is 2.30. The van der Waals surface area contributed by atoms with Crippen molar-refractivity contribution in [1.29, 1.82) is 0 Å². The zero-order valence-corrected chi connectivity index (χ0v) is 15.2. The van der Waals surface area contributed by atoms with Gasteiger partial charge in [0.05, 0.1) is 23.9 Å². The average Bonchev–Trinajstić information content (AvgIpc) is 3.34. The summed E-state index contributed by atoms with van der Waals surface area (Å²) in [6.45, 7) is 1.56. The number of imidazole rings is 1. The van der Waals surface area contributed by atoms with Crippen LogP contribution in [0.4, 0.5) is 8.78 Å². The third kappa shape index (κ3) is 3.73. The SMILES string of the molecule is O=C(c1ncc(F)cc1F)N1CCCC(c2nccn2Cc2cscn2)C1. The summed E-state index contributed by atoms with van der Waals surface area (Å²) in [6, 6.07) is 0.683. The van der Waals surface area contributed by atoms with Crippen LogP contribution in [0.5, 0.6) is 0 Å². The van der Waals surface area contributed by atoms with Crippen LogP contribution >= 0.6 is 11.3 Å². The molecule has 6 nitrogen and oxygen atoms in total. The summed E-state index contributed by atoms with van der Waals surface area (Å²) in [5.41, 5.74) is 2.40. The number of thiazole rings is 1. The summed E-state index contributed by atoms with van der Waals surface area (Å²) in [5, 5.41) is 1.99. The fourth-order valence-corrected chi connectivity index (χ4v) is 3.95. The lowest BCUT2D eigenvalue weighted by atomic mass is 9.96. The molecule has 0 saturated carbocycles. The number of likely N-dealkylation sites (tertiary alicyclic amines) is 1. The van der Waals surface area contributed by atoms with Gasteiger partial charge in [-0.1, -0.05) is 0 Å². The number of carbonyl (C=O) groups is 1. The molecule has 1 aliphatic heterocycles. The molecule has 0 bridgehead atoms. The van der Waals surface area contributed by atoms with Crippen molar-refractivity contribution < 1.29 is 13.6 Å². The number of halogens is 2. The third-order valence-corrected chi connectivity index (χ3v) is 5.28. The molecule has 4 heterocycles. The lowest BCUT2D eigenvalue weighted by Crippen LogP contribution is -2.40.